The molecule has 110 valence electrons. The first-order valence-electron chi connectivity index (χ1n) is 8.23. The molecule has 0 aromatic carbocycles. The van der Waals surface area contributed by atoms with Crippen molar-refractivity contribution >= 4 is 5.91 Å². The molecule has 0 bridgehead atoms. The Morgan fingerprint density at radius 1 is 1.11 bits per heavy atom. The van der Waals surface area contributed by atoms with E-state index in [2.05, 4.69) is 5.32 Å². The number of hydrogen-bond acceptors (Lipinski definition) is 2. The number of rotatable bonds is 5. The van der Waals surface area contributed by atoms with Gasteiger partial charge in [0.25, 0.3) is 0 Å². The maximum atomic E-state index is 12.2. The van der Waals surface area contributed by atoms with Crippen molar-refractivity contribution in [1.82, 2.24) is 10.2 Å². The minimum absolute atomic E-state index is 0.364. The normalized spacial score (nSPS) is 25.2. The number of amides is 1. The minimum atomic E-state index is 0.364. The zero-order valence-electron chi connectivity index (χ0n) is 12.5. The van der Waals surface area contributed by atoms with Crippen LogP contribution in [0, 0.1) is 5.92 Å². The van der Waals surface area contributed by atoms with Crippen molar-refractivity contribution < 1.29 is 4.79 Å². The summed E-state index contributed by atoms with van der Waals surface area (Å²) < 4.78 is 0. The largest absolute Gasteiger partial charge is 0.346 e. The van der Waals surface area contributed by atoms with E-state index in [1.54, 1.807) is 0 Å². The van der Waals surface area contributed by atoms with Crippen LogP contribution < -0.4 is 5.32 Å². The van der Waals surface area contributed by atoms with Gasteiger partial charge >= 0.3 is 0 Å². The molecule has 0 aromatic heterocycles. The predicted molar refractivity (Wildman–Crippen MR) is 79.1 cm³/mol. The second-order valence-electron chi connectivity index (χ2n) is 6.46. The van der Waals surface area contributed by atoms with Crippen LogP contribution in [0.15, 0.2) is 0 Å². The molecule has 2 fully saturated rings. The van der Waals surface area contributed by atoms with Gasteiger partial charge < -0.3 is 10.2 Å². The predicted octanol–water partition coefficient (Wildman–Crippen LogP) is 2.95. The van der Waals surface area contributed by atoms with Gasteiger partial charge in [0.1, 0.15) is 0 Å². The van der Waals surface area contributed by atoms with Crippen LogP contribution in [-0.4, -0.2) is 37.0 Å². The van der Waals surface area contributed by atoms with E-state index in [0.29, 0.717) is 17.9 Å². The summed E-state index contributed by atoms with van der Waals surface area (Å²) in [5.74, 6) is 1.03. The summed E-state index contributed by atoms with van der Waals surface area (Å²) in [6, 6.07) is 0.638. The van der Waals surface area contributed by atoms with Crippen LogP contribution in [0.3, 0.4) is 0 Å². The molecule has 2 aliphatic rings. The summed E-state index contributed by atoms with van der Waals surface area (Å²) >= 11 is 0. The van der Waals surface area contributed by atoms with E-state index in [9.17, 15) is 4.79 Å². The van der Waals surface area contributed by atoms with Gasteiger partial charge in [0.15, 0.2) is 0 Å². The van der Waals surface area contributed by atoms with Crippen LogP contribution >= 0.6 is 0 Å². The molecular weight excluding hydrogens is 236 g/mol. The number of nitrogens with one attached hydrogen (secondary N) is 1. The number of piperidine rings is 1. The van der Waals surface area contributed by atoms with Crippen LogP contribution in [0.2, 0.25) is 0 Å². The maximum Gasteiger partial charge on any atom is 0.222 e. The van der Waals surface area contributed by atoms with Crippen LogP contribution in [0.25, 0.3) is 0 Å². The molecule has 1 atom stereocenters. The van der Waals surface area contributed by atoms with Gasteiger partial charge in [0.2, 0.25) is 5.91 Å². The highest BCUT2D eigenvalue weighted by molar-refractivity contribution is 5.76. The second kappa shape index (κ2) is 7.88. The Bertz CT molecular complexity index is 268. The van der Waals surface area contributed by atoms with E-state index in [1.807, 2.05) is 11.9 Å². The Balaban J connectivity index is 1.63. The van der Waals surface area contributed by atoms with E-state index in [4.69, 9.17) is 0 Å². The van der Waals surface area contributed by atoms with Crippen molar-refractivity contribution in [3.8, 4) is 0 Å². The summed E-state index contributed by atoms with van der Waals surface area (Å²) in [5.41, 5.74) is 0. The van der Waals surface area contributed by atoms with Crippen LogP contribution in [0.5, 0.6) is 0 Å². The third-order valence-corrected chi connectivity index (χ3v) is 4.84. The number of nitrogens with zero attached hydrogens (tertiary/aromatic N) is 1. The molecule has 0 aromatic rings. The fraction of sp³-hybridized carbons (Fsp3) is 0.938. The first kappa shape index (κ1) is 14.8. The fourth-order valence-corrected chi connectivity index (χ4v) is 3.44. The summed E-state index contributed by atoms with van der Waals surface area (Å²) in [7, 11) is 1.98. The van der Waals surface area contributed by atoms with Gasteiger partial charge in [-0.05, 0) is 44.6 Å². The van der Waals surface area contributed by atoms with Crippen LogP contribution in [-0.2, 0) is 4.79 Å². The van der Waals surface area contributed by atoms with Crippen molar-refractivity contribution in [1.29, 1.82) is 0 Å². The number of carbonyl (C=O) groups excluding carboxylic acids is 1. The average molecular weight is 266 g/mol. The molecule has 19 heavy (non-hydrogen) atoms. The molecule has 3 nitrogen and oxygen atoms in total. The summed E-state index contributed by atoms with van der Waals surface area (Å²) in [6.07, 6.45) is 12.4. The van der Waals surface area contributed by atoms with E-state index in [-0.39, 0.29) is 0 Å². The molecule has 0 spiro atoms. The lowest BCUT2D eigenvalue weighted by molar-refractivity contribution is -0.131. The lowest BCUT2D eigenvalue weighted by Crippen LogP contribution is -2.38. The Morgan fingerprint density at radius 2 is 1.84 bits per heavy atom. The third kappa shape index (κ3) is 5.13. The van der Waals surface area contributed by atoms with E-state index >= 15 is 0 Å². The van der Waals surface area contributed by atoms with Gasteiger partial charge in [-0.1, -0.05) is 25.7 Å². The molecular formula is C16H30N2O. The van der Waals surface area contributed by atoms with Gasteiger partial charge in [-0.2, -0.15) is 0 Å². The smallest absolute Gasteiger partial charge is 0.222 e. The van der Waals surface area contributed by atoms with Crippen molar-refractivity contribution in [3.05, 3.63) is 0 Å². The van der Waals surface area contributed by atoms with Crippen molar-refractivity contribution in [2.24, 2.45) is 5.92 Å². The minimum Gasteiger partial charge on any atom is -0.346 e. The van der Waals surface area contributed by atoms with Gasteiger partial charge in [0.05, 0.1) is 0 Å². The molecule has 1 aliphatic carbocycles. The standard InChI is InChI=1S/C16H30N2O/c1-18(12-10-15-9-5-6-11-17-15)16(19)13-14-7-3-2-4-8-14/h14-15,17H,2-13H2,1H3. The van der Waals surface area contributed by atoms with E-state index < -0.39 is 0 Å². The SMILES string of the molecule is CN(CCC1CCCCN1)C(=O)CC1CCCCC1. The molecule has 1 unspecified atom stereocenters. The molecule has 1 saturated carbocycles. The second-order valence-corrected chi connectivity index (χ2v) is 6.46. The van der Waals surface area contributed by atoms with Gasteiger partial charge in [-0.3, -0.25) is 4.79 Å². The Morgan fingerprint density at radius 3 is 2.53 bits per heavy atom. The molecule has 1 heterocycles. The highest BCUT2D eigenvalue weighted by Crippen LogP contribution is 2.26. The van der Waals surface area contributed by atoms with Crippen molar-refractivity contribution in [3.63, 3.8) is 0 Å². The zero-order chi connectivity index (χ0) is 13.5. The lowest BCUT2D eigenvalue weighted by atomic mass is 9.86. The third-order valence-electron chi connectivity index (χ3n) is 4.84. The maximum absolute atomic E-state index is 12.2. The van der Waals surface area contributed by atoms with Gasteiger partial charge in [0, 0.05) is 26.1 Å². The van der Waals surface area contributed by atoms with E-state index in [1.165, 1.54) is 51.4 Å². The first-order chi connectivity index (χ1) is 9.25. The first-order valence-corrected chi connectivity index (χ1v) is 8.23. The highest BCUT2D eigenvalue weighted by atomic mass is 16.2. The fourth-order valence-electron chi connectivity index (χ4n) is 3.44. The lowest BCUT2D eigenvalue weighted by Gasteiger charge is -2.27. The number of carbonyl (C=O) groups is 1. The monoisotopic (exact) mass is 266 g/mol. The van der Waals surface area contributed by atoms with Crippen molar-refractivity contribution in [2.45, 2.75) is 70.3 Å². The zero-order valence-corrected chi connectivity index (χ0v) is 12.5. The summed E-state index contributed by atoms with van der Waals surface area (Å²) in [6.45, 7) is 2.08. The Labute approximate surface area is 118 Å². The van der Waals surface area contributed by atoms with Gasteiger partial charge in [-0.15, -0.1) is 0 Å². The number of hydrogen-bond donors (Lipinski definition) is 1. The highest BCUT2D eigenvalue weighted by Gasteiger charge is 2.20. The Kier molecular flexibility index (Phi) is 6.15. The molecule has 1 N–H and O–H groups in total. The topological polar surface area (TPSA) is 32.3 Å². The van der Waals surface area contributed by atoms with Crippen LogP contribution in [0.4, 0.5) is 0 Å². The average Bonchev–Trinajstić information content (AvgIpc) is 2.47. The molecule has 1 aliphatic heterocycles. The van der Waals surface area contributed by atoms with Crippen molar-refractivity contribution in [2.75, 3.05) is 20.1 Å². The summed E-state index contributed by atoms with van der Waals surface area (Å²) in [4.78, 5) is 14.2. The van der Waals surface area contributed by atoms with Crippen LogP contribution in [0.1, 0.15) is 64.2 Å². The van der Waals surface area contributed by atoms with E-state index in [0.717, 1.165) is 25.9 Å². The molecule has 2 rings (SSSR count). The Hall–Kier alpha value is -0.570. The molecule has 3 heteroatoms. The molecule has 1 saturated heterocycles. The quantitative estimate of drug-likeness (QED) is 0.830. The van der Waals surface area contributed by atoms with Gasteiger partial charge in [-0.25, -0.2) is 0 Å². The summed E-state index contributed by atoms with van der Waals surface area (Å²) in [5, 5.41) is 3.56. The molecule has 0 radical (unpaired) electrons. The molecule has 1 amide bonds.